The first-order valence-electron chi connectivity index (χ1n) is 10.8. The minimum atomic E-state index is -1.16. The van der Waals surface area contributed by atoms with E-state index < -0.39 is 18.0 Å². The number of ether oxygens (including phenoxy) is 2. The van der Waals surface area contributed by atoms with Gasteiger partial charge in [0.15, 0.2) is 11.8 Å². The van der Waals surface area contributed by atoms with Crippen LogP contribution < -0.4 is 15.6 Å². The summed E-state index contributed by atoms with van der Waals surface area (Å²) in [5, 5.41) is 9.24. The van der Waals surface area contributed by atoms with E-state index in [9.17, 15) is 14.4 Å². The summed E-state index contributed by atoms with van der Waals surface area (Å²) in [4.78, 5) is 38.1. The molecule has 0 aliphatic carbocycles. The van der Waals surface area contributed by atoms with Crippen molar-refractivity contribution in [1.82, 2.24) is 9.78 Å². The van der Waals surface area contributed by atoms with Crippen molar-refractivity contribution in [3.8, 4) is 5.75 Å². The molecule has 2 heterocycles. The molecule has 1 unspecified atom stereocenters. The number of rotatable bonds is 5. The van der Waals surface area contributed by atoms with E-state index in [2.05, 4.69) is 10.4 Å². The largest absolute Gasteiger partial charge is 0.495 e. The fourth-order valence-electron chi connectivity index (χ4n) is 3.97. The lowest BCUT2D eigenvalue weighted by Gasteiger charge is -2.16. The van der Waals surface area contributed by atoms with Crippen LogP contribution in [0.3, 0.4) is 0 Å². The van der Waals surface area contributed by atoms with Gasteiger partial charge >= 0.3 is 5.97 Å². The number of amides is 1. The number of carbonyl (C=O) groups is 2. The summed E-state index contributed by atoms with van der Waals surface area (Å²) in [6.45, 7) is 1.45. The number of aromatic nitrogens is 2. The van der Waals surface area contributed by atoms with E-state index in [-0.39, 0.29) is 11.3 Å². The van der Waals surface area contributed by atoms with Crippen LogP contribution in [0.1, 0.15) is 17.4 Å². The number of fused-ring (bicyclic) bond motifs is 4. The molecule has 0 saturated carbocycles. The van der Waals surface area contributed by atoms with E-state index in [1.165, 1.54) is 21.1 Å². The van der Waals surface area contributed by atoms with Gasteiger partial charge in [0.2, 0.25) is 0 Å². The molecule has 5 rings (SSSR count). The fourth-order valence-corrected chi connectivity index (χ4v) is 3.97. The second-order valence-electron chi connectivity index (χ2n) is 8.01. The Hall–Kier alpha value is -4.66. The number of hydrogen-bond acceptors (Lipinski definition) is 7. The lowest BCUT2D eigenvalue weighted by molar-refractivity contribution is -0.123. The number of para-hydroxylation sites is 1. The molecule has 0 aliphatic rings. The Balaban J connectivity index is 1.40. The van der Waals surface area contributed by atoms with Crippen molar-refractivity contribution < 1.29 is 23.5 Å². The van der Waals surface area contributed by atoms with Gasteiger partial charge < -0.3 is 19.2 Å². The third-order valence-electron chi connectivity index (χ3n) is 5.76. The average Bonchev–Trinajstić information content (AvgIpc) is 3.22. The van der Waals surface area contributed by atoms with Gasteiger partial charge in [0.25, 0.3) is 11.5 Å². The van der Waals surface area contributed by atoms with Crippen molar-refractivity contribution in [2.45, 2.75) is 13.0 Å². The highest BCUT2D eigenvalue weighted by atomic mass is 16.5. The van der Waals surface area contributed by atoms with Crippen molar-refractivity contribution >= 4 is 50.3 Å². The van der Waals surface area contributed by atoms with E-state index in [1.54, 1.807) is 36.4 Å². The monoisotopic (exact) mass is 471 g/mol. The van der Waals surface area contributed by atoms with Gasteiger partial charge in [-0.2, -0.15) is 5.10 Å². The van der Waals surface area contributed by atoms with Crippen molar-refractivity contribution in [3.05, 3.63) is 76.7 Å². The summed E-state index contributed by atoms with van der Waals surface area (Å²) in [6, 6.07) is 17.7. The highest BCUT2D eigenvalue weighted by molar-refractivity contribution is 6.08. The smallest absolute Gasteiger partial charge is 0.360 e. The third kappa shape index (κ3) is 3.86. The van der Waals surface area contributed by atoms with E-state index in [1.807, 2.05) is 24.3 Å². The number of hydrogen-bond donors (Lipinski definition) is 1. The molecule has 0 aliphatic heterocycles. The van der Waals surface area contributed by atoms with E-state index in [0.29, 0.717) is 33.4 Å². The Bertz CT molecular complexity index is 1680. The second-order valence-corrected chi connectivity index (χ2v) is 8.01. The van der Waals surface area contributed by atoms with Crippen LogP contribution in [0.25, 0.3) is 32.7 Å². The van der Waals surface area contributed by atoms with Crippen LogP contribution in [0.2, 0.25) is 0 Å². The standard InChI is InChI=1S/C26H21N3O6/c1-14(34-26(32)23-16-9-4-5-10-17(16)25(31)29(2)28-23)24(30)27-19-13-21-18(12-22(19)33-3)15-8-6-7-11-20(15)35-21/h4-14H,1-3H3,(H,27,30). The molecule has 9 nitrogen and oxygen atoms in total. The number of benzene rings is 3. The molecule has 0 fully saturated rings. The number of methoxy groups -OCH3 is 1. The summed E-state index contributed by atoms with van der Waals surface area (Å²) in [7, 11) is 2.95. The highest BCUT2D eigenvalue weighted by Gasteiger charge is 2.24. The number of nitrogens with zero attached hydrogens (tertiary/aromatic N) is 2. The Kier molecular flexibility index (Phi) is 5.44. The third-order valence-corrected chi connectivity index (χ3v) is 5.76. The summed E-state index contributed by atoms with van der Waals surface area (Å²) in [5.41, 5.74) is 1.28. The second kappa shape index (κ2) is 8.60. The molecule has 176 valence electrons. The Labute approximate surface area is 198 Å². The summed E-state index contributed by atoms with van der Waals surface area (Å²) >= 11 is 0. The predicted molar refractivity (Wildman–Crippen MR) is 131 cm³/mol. The van der Waals surface area contributed by atoms with Crippen LogP contribution in [0, 0.1) is 0 Å². The lowest BCUT2D eigenvalue weighted by Crippen LogP contribution is -2.31. The minimum Gasteiger partial charge on any atom is -0.495 e. The highest BCUT2D eigenvalue weighted by Crippen LogP contribution is 2.36. The van der Waals surface area contributed by atoms with Crippen molar-refractivity contribution in [3.63, 3.8) is 0 Å². The van der Waals surface area contributed by atoms with E-state index in [4.69, 9.17) is 13.9 Å². The van der Waals surface area contributed by atoms with Crippen LogP contribution in [-0.4, -0.2) is 34.9 Å². The van der Waals surface area contributed by atoms with E-state index in [0.717, 1.165) is 15.5 Å². The maximum absolute atomic E-state index is 12.9. The molecule has 1 amide bonds. The topological polar surface area (TPSA) is 113 Å². The molecular formula is C26H21N3O6. The van der Waals surface area contributed by atoms with Crippen molar-refractivity contribution in [1.29, 1.82) is 0 Å². The zero-order valence-electron chi connectivity index (χ0n) is 19.2. The maximum atomic E-state index is 12.9. The van der Waals surface area contributed by atoms with Crippen LogP contribution in [0.5, 0.6) is 5.75 Å². The number of carbonyl (C=O) groups excluding carboxylic acids is 2. The quantitative estimate of drug-likeness (QED) is 0.385. The first-order valence-corrected chi connectivity index (χ1v) is 10.8. The van der Waals surface area contributed by atoms with Crippen LogP contribution in [0.4, 0.5) is 5.69 Å². The number of anilines is 1. The Morgan fingerprint density at radius 1 is 0.971 bits per heavy atom. The molecule has 0 bridgehead atoms. The molecule has 0 radical (unpaired) electrons. The van der Waals surface area contributed by atoms with Gasteiger partial charge in [0.1, 0.15) is 16.9 Å². The summed E-state index contributed by atoms with van der Waals surface area (Å²) in [5.74, 6) is -0.956. The summed E-state index contributed by atoms with van der Waals surface area (Å²) in [6.07, 6.45) is -1.16. The predicted octanol–water partition coefficient (Wildman–Crippen LogP) is 4.03. The van der Waals surface area contributed by atoms with Crippen LogP contribution in [-0.2, 0) is 16.6 Å². The molecule has 0 saturated heterocycles. The van der Waals surface area contributed by atoms with Crippen LogP contribution >= 0.6 is 0 Å². The van der Waals surface area contributed by atoms with E-state index >= 15 is 0 Å². The molecule has 35 heavy (non-hydrogen) atoms. The lowest BCUT2D eigenvalue weighted by atomic mass is 10.1. The van der Waals surface area contributed by atoms with Gasteiger partial charge in [-0.15, -0.1) is 0 Å². The minimum absolute atomic E-state index is 0.0522. The number of aryl methyl sites for hydroxylation is 1. The maximum Gasteiger partial charge on any atom is 0.360 e. The molecule has 0 spiro atoms. The molecular weight excluding hydrogens is 450 g/mol. The molecule has 2 aromatic heterocycles. The van der Waals surface area contributed by atoms with Gasteiger partial charge in [-0.3, -0.25) is 9.59 Å². The zero-order valence-corrected chi connectivity index (χ0v) is 19.2. The van der Waals surface area contributed by atoms with Gasteiger partial charge in [-0.05, 0) is 25.1 Å². The molecule has 5 aromatic rings. The van der Waals surface area contributed by atoms with Crippen molar-refractivity contribution in [2.75, 3.05) is 12.4 Å². The first kappa shape index (κ1) is 22.1. The summed E-state index contributed by atoms with van der Waals surface area (Å²) < 4.78 is 17.8. The van der Waals surface area contributed by atoms with Gasteiger partial charge in [0, 0.05) is 29.3 Å². The number of nitrogens with one attached hydrogen (secondary N) is 1. The fraction of sp³-hybridized carbons (Fsp3) is 0.154. The first-order chi connectivity index (χ1) is 16.9. The van der Waals surface area contributed by atoms with Gasteiger partial charge in [0.05, 0.1) is 18.2 Å². The van der Waals surface area contributed by atoms with Crippen LogP contribution in [0.15, 0.2) is 69.9 Å². The Morgan fingerprint density at radius 3 is 2.40 bits per heavy atom. The SMILES string of the molecule is COc1cc2c(cc1NC(=O)C(C)OC(=O)c1nn(C)c(=O)c3ccccc13)oc1ccccc12. The van der Waals surface area contributed by atoms with Gasteiger partial charge in [-0.1, -0.05) is 36.4 Å². The van der Waals surface area contributed by atoms with Crippen molar-refractivity contribution in [2.24, 2.45) is 7.05 Å². The normalized spacial score (nSPS) is 12.1. The molecule has 1 atom stereocenters. The molecule has 1 N–H and O–H groups in total. The van der Waals surface area contributed by atoms with Gasteiger partial charge in [-0.25, -0.2) is 9.48 Å². The molecule has 9 heteroatoms. The average molecular weight is 471 g/mol. The number of esters is 1. The zero-order chi connectivity index (χ0) is 24.7. The number of furan rings is 1. The molecule has 3 aromatic carbocycles. The Morgan fingerprint density at radius 2 is 1.66 bits per heavy atom.